The summed E-state index contributed by atoms with van der Waals surface area (Å²) in [6.45, 7) is -0.295. The van der Waals surface area contributed by atoms with E-state index in [1.165, 1.54) is 18.2 Å². The number of morpholine rings is 1. The number of nitriles is 1. The minimum absolute atomic E-state index is 0.0172. The normalized spacial score (nSPS) is 16.7. The molecule has 2 aromatic carbocycles. The van der Waals surface area contributed by atoms with Crippen LogP contribution in [0, 0.1) is 11.3 Å². The molecule has 0 bridgehead atoms. The van der Waals surface area contributed by atoms with Gasteiger partial charge >= 0.3 is 6.36 Å². The Balaban J connectivity index is 1.81. The van der Waals surface area contributed by atoms with E-state index in [9.17, 15) is 32.7 Å². The molecule has 0 aliphatic carbocycles. The summed E-state index contributed by atoms with van der Waals surface area (Å²) < 4.78 is 46.7. The Labute approximate surface area is 202 Å². The highest BCUT2D eigenvalue weighted by molar-refractivity contribution is 6.08. The minimum atomic E-state index is -5.02. The molecule has 1 fully saturated rings. The van der Waals surface area contributed by atoms with Crippen molar-refractivity contribution in [3.05, 3.63) is 53.1 Å². The van der Waals surface area contributed by atoms with E-state index >= 15 is 0 Å². The number of aliphatic hydroxyl groups excluding tert-OH is 1. The number of carbonyl (C=O) groups excluding carboxylic acids is 3. The van der Waals surface area contributed by atoms with Crippen LogP contribution in [0.1, 0.15) is 21.5 Å². The summed E-state index contributed by atoms with van der Waals surface area (Å²) in [5, 5.41) is 22.0. The van der Waals surface area contributed by atoms with E-state index in [0.29, 0.717) is 11.1 Å². The molecule has 14 heteroatoms. The largest absolute Gasteiger partial charge is 0.573 e. The van der Waals surface area contributed by atoms with Crippen LogP contribution in [0.5, 0.6) is 5.75 Å². The predicted octanol–water partition coefficient (Wildman–Crippen LogP) is 0.746. The third-order valence-electron chi connectivity index (χ3n) is 5.15. The maximum Gasteiger partial charge on any atom is 0.573 e. The van der Waals surface area contributed by atoms with Crippen molar-refractivity contribution in [2.24, 2.45) is 11.5 Å². The van der Waals surface area contributed by atoms with Gasteiger partial charge in [0, 0.05) is 18.8 Å². The van der Waals surface area contributed by atoms with Gasteiger partial charge in [0.15, 0.2) is 12.2 Å². The Morgan fingerprint density at radius 2 is 2.03 bits per heavy atom. The molecule has 1 aliphatic heterocycles. The van der Waals surface area contributed by atoms with Gasteiger partial charge in [-0.15, -0.1) is 13.2 Å². The van der Waals surface area contributed by atoms with Crippen molar-refractivity contribution in [2.75, 3.05) is 23.4 Å². The molecule has 190 valence electrons. The van der Waals surface area contributed by atoms with Crippen molar-refractivity contribution in [1.29, 1.82) is 5.26 Å². The number of hydrogen-bond acceptors (Lipinski definition) is 8. The Kier molecular flexibility index (Phi) is 7.78. The molecule has 0 unspecified atom stereocenters. The van der Waals surface area contributed by atoms with E-state index in [-0.39, 0.29) is 31.1 Å². The van der Waals surface area contributed by atoms with Gasteiger partial charge in [0.1, 0.15) is 5.75 Å². The van der Waals surface area contributed by atoms with Gasteiger partial charge in [0.25, 0.3) is 17.7 Å². The number of nitrogens with zero attached hydrogens (tertiary/aromatic N) is 2. The second kappa shape index (κ2) is 10.6. The molecule has 2 aromatic rings. The number of halogens is 3. The fourth-order valence-electron chi connectivity index (χ4n) is 3.52. The molecule has 2 atom stereocenters. The van der Waals surface area contributed by atoms with Crippen molar-refractivity contribution >= 4 is 29.1 Å². The number of hydrogen-bond donors (Lipinski definition) is 4. The van der Waals surface area contributed by atoms with Crippen LogP contribution in [0.3, 0.4) is 0 Å². The summed E-state index contributed by atoms with van der Waals surface area (Å²) in [5.41, 5.74) is 11.2. The SMILES string of the molecule is N#Cc1ccc(NC(=O)[C@H](O)[C@H]2OCCN(c3ccc(OC(F)(F)F)cc3C(N)=O)C2=O)cc1CN. The molecule has 0 saturated carbocycles. The molecule has 3 amide bonds. The van der Waals surface area contributed by atoms with Crippen LogP contribution in [0.15, 0.2) is 36.4 Å². The highest BCUT2D eigenvalue weighted by atomic mass is 19.4. The van der Waals surface area contributed by atoms with Crippen LogP contribution < -0.4 is 26.4 Å². The first-order valence-corrected chi connectivity index (χ1v) is 10.3. The first kappa shape index (κ1) is 26.4. The Morgan fingerprint density at radius 3 is 2.64 bits per heavy atom. The van der Waals surface area contributed by atoms with Crippen LogP contribution in [-0.4, -0.2) is 54.5 Å². The number of ether oxygens (including phenoxy) is 2. The third-order valence-corrected chi connectivity index (χ3v) is 5.15. The lowest BCUT2D eigenvalue weighted by molar-refractivity contribution is -0.274. The van der Waals surface area contributed by atoms with Crippen LogP contribution in [0.2, 0.25) is 0 Å². The number of anilines is 2. The molecule has 0 radical (unpaired) electrons. The second-order valence-electron chi connectivity index (χ2n) is 7.49. The average molecular weight is 507 g/mol. The summed E-state index contributed by atoms with van der Waals surface area (Å²) in [7, 11) is 0. The van der Waals surface area contributed by atoms with Crippen molar-refractivity contribution < 1.29 is 42.1 Å². The smallest absolute Gasteiger partial charge is 0.406 e. The van der Waals surface area contributed by atoms with Crippen molar-refractivity contribution in [3.63, 3.8) is 0 Å². The molecular formula is C22H20F3N5O6. The van der Waals surface area contributed by atoms with Crippen LogP contribution in [0.25, 0.3) is 0 Å². The van der Waals surface area contributed by atoms with Gasteiger partial charge in [-0.2, -0.15) is 5.26 Å². The van der Waals surface area contributed by atoms with Gasteiger partial charge in [-0.25, -0.2) is 0 Å². The highest BCUT2D eigenvalue weighted by Crippen LogP contribution is 2.31. The monoisotopic (exact) mass is 507 g/mol. The van der Waals surface area contributed by atoms with E-state index in [1.807, 2.05) is 6.07 Å². The molecule has 6 N–H and O–H groups in total. The first-order chi connectivity index (χ1) is 16.9. The van der Waals surface area contributed by atoms with Crippen LogP contribution in [-0.2, 0) is 20.9 Å². The van der Waals surface area contributed by atoms with Gasteiger partial charge in [-0.1, -0.05) is 0 Å². The van der Waals surface area contributed by atoms with Gasteiger partial charge in [0.05, 0.1) is 29.5 Å². The Bertz CT molecular complexity index is 1230. The fourth-order valence-corrected chi connectivity index (χ4v) is 3.52. The molecule has 1 saturated heterocycles. The zero-order valence-electron chi connectivity index (χ0n) is 18.4. The van der Waals surface area contributed by atoms with Crippen molar-refractivity contribution in [1.82, 2.24) is 0 Å². The zero-order valence-corrected chi connectivity index (χ0v) is 18.4. The van der Waals surface area contributed by atoms with Gasteiger partial charge in [0.2, 0.25) is 0 Å². The van der Waals surface area contributed by atoms with Crippen LogP contribution in [0.4, 0.5) is 24.5 Å². The number of carbonyl (C=O) groups is 3. The van der Waals surface area contributed by atoms with Gasteiger partial charge < -0.3 is 36.3 Å². The number of nitrogens with one attached hydrogen (secondary N) is 1. The van der Waals surface area contributed by atoms with E-state index < -0.39 is 47.6 Å². The quantitative estimate of drug-likeness (QED) is 0.423. The van der Waals surface area contributed by atoms with E-state index in [1.54, 1.807) is 0 Å². The maximum atomic E-state index is 13.0. The topological polar surface area (TPSA) is 181 Å². The van der Waals surface area contributed by atoms with Crippen LogP contribution >= 0.6 is 0 Å². The van der Waals surface area contributed by atoms with Gasteiger partial charge in [-0.3, -0.25) is 14.4 Å². The van der Waals surface area contributed by atoms with Crippen molar-refractivity contribution in [2.45, 2.75) is 25.1 Å². The molecule has 1 heterocycles. The predicted molar refractivity (Wildman–Crippen MR) is 117 cm³/mol. The third kappa shape index (κ3) is 5.89. The number of alkyl halides is 3. The van der Waals surface area contributed by atoms with Crippen molar-refractivity contribution in [3.8, 4) is 11.8 Å². The van der Waals surface area contributed by atoms with E-state index in [0.717, 1.165) is 23.1 Å². The number of benzene rings is 2. The second-order valence-corrected chi connectivity index (χ2v) is 7.49. The lowest BCUT2D eigenvalue weighted by Gasteiger charge is -2.34. The maximum absolute atomic E-state index is 13.0. The summed E-state index contributed by atoms with van der Waals surface area (Å²) in [6, 6.07) is 8.85. The number of primary amides is 1. The average Bonchev–Trinajstić information content (AvgIpc) is 2.82. The van der Waals surface area contributed by atoms with E-state index in [4.69, 9.17) is 21.5 Å². The first-order valence-electron chi connectivity index (χ1n) is 10.3. The molecule has 1 aliphatic rings. The zero-order chi connectivity index (χ0) is 26.6. The summed E-state index contributed by atoms with van der Waals surface area (Å²) in [5.74, 6) is -3.80. The molecule has 11 nitrogen and oxygen atoms in total. The minimum Gasteiger partial charge on any atom is -0.406 e. The standard InChI is InChI=1S/C22H20F3N5O6/c23-22(24,25)36-14-3-4-16(15(8-14)19(28)32)30-5-6-35-18(21(30)34)17(31)20(33)29-13-2-1-11(9-26)12(7-13)10-27/h1-4,7-8,17-18,31H,5-6,10,27H2,(H2,28,32)(H,29,33)/t17-,18-/m1/s1. The number of amides is 3. The number of aliphatic hydroxyl groups is 1. The lowest BCUT2D eigenvalue weighted by atomic mass is 10.1. The summed E-state index contributed by atoms with van der Waals surface area (Å²) >= 11 is 0. The summed E-state index contributed by atoms with van der Waals surface area (Å²) in [6.07, 6.45) is -8.71. The lowest BCUT2D eigenvalue weighted by Crippen LogP contribution is -2.55. The summed E-state index contributed by atoms with van der Waals surface area (Å²) in [4.78, 5) is 38.5. The fraction of sp³-hybridized carbons (Fsp3) is 0.273. The number of nitrogens with two attached hydrogens (primary N) is 2. The molecule has 36 heavy (non-hydrogen) atoms. The Morgan fingerprint density at radius 1 is 1.31 bits per heavy atom. The Hall–Kier alpha value is -4.19. The molecular weight excluding hydrogens is 487 g/mol. The van der Waals surface area contributed by atoms with E-state index in [2.05, 4.69) is 10.1 Å². The molecule has 3 rings (SSSR count). The highest BCUT2D eigenvalue weighted by Gasteiger charge is 2.40. The molecule has 0 aromatic heterocycles. The molecule has 0 spiro atoms. The number of rotatable bonds is 7. The van der Waals surface area contributed by atoms with Gasteiger partial charge in [-0.05, 0) is 42.0 Å².